The molecule has 0 aliphatic carbocycles. The molecule has 1 unspecified atom stereocenters. The van der Waals surface area contributed by atoms with Crippen LogP contribution < -0.4 is 5.32 Å². The smallest absolute Gasteiger partial charge is 0.0454 e. The highest BCUT2D eigenvalue weighted by Crippen LogP contribution is 2.14. The van der Waals surface area contributed by atoms with Crippen LogP contribution in [0.4, 0.5) is 0 Å². The van der Waals surface area contributed by atoms with Gasteiger partial charge in [0, 0.05) is 24.3 Å². The van der Waals surface area contributed by atoms with Gasteiger partial charge in [-0.15, -0.1) is 0 Å². The number of nitrogens with one attached hydrogen (secondary N) is 2. The van der Waals surface area contributed by atoms with Gasteiger partial charge >= 0.3 is 0 Å². The number of hydrogen-bond donors (Lipinski definition) is 2. The molecule has 0 fully saturated rings. The Hall–Kier alpha value is -1.28. The van der Waals surface area contributed by atoms with Crippen molar-refractivity contribution in [2.75, 3.05) is 0 Å². The summed E-state index contributed by atoms with van der Waals surface area (Å²) in [6, 6.07) is 9.31. The summed E-state index contributed by atoms with van der Waals surface area (Å²) in [5.41, 5.74) is 2.57. The third-order valence-electron chi connectivity index (χ3n) is 2.99. The zero-order valence-electron chi connectivity index (χ0n) is 10.1. The van der Waals surface area contributed by atoms with Crippen LogP contribution in [-0.4, -0.2) is 11.0 Å². The minimum atomic E-state index is 0.604. The van der Waals surface area contributed by atoms with Gasteiger partial charge in [-0.25, -0.2) is 0 Å². The van der Waals surface area contributed by atoms with Gasteiger partial charge in [0.1, 0.15) is 0 Å². The van der Waals surface area contributed by atoms with Gasteiger partial charge in [-0.3, -0.25) is 0 Å². The van der Waals surface area contributed by atoms with Crippen molar-refractivity contribution in [2.24, 2.45) is 0 Å². The summed E-state index contributed by atoms with van der Waals surface area (Å²) in [5.74, 6) is 0. The van der Waals surface area contributed by atoms with Crippen LogP contribution in [0.25, 0.3) is 10.9 Å². The van der Waals surface area contributed by atoms with Gasteiger partial charge in [0.2, 0.25) is 0 Å². The van der Waals surface area contributed by atoms with Crippen LogP contribution >= 0.6 is 0 Å². The lowest BCUT2D eigenvalue weighted by Crippen LogP contribution is -2.24. The van der Waals surface area contributed by atoms with Crippen molar-refractivity contribution in [3.8, 4) is 0 Å². The fourth-order valence-electron chi connectivity index (χ4n) is 2.04. The van der Waals surface area contributed by atoms with E-state index in [1.54, 1.807) is 0 Å². The molecule has 0 saturated carbocycles. The molecule has 2 N–H and O–H groups in total. The second-order valence-electron chi connectivity index (χ2n) is 4.47. The van der Waals surface area contributed by atoms with E-state index >= 15 is 0 Å². The maximum absolute atomic E-state index is 3.55. The first kappa shape index (κ1) is 11.2. The largest absolute Gasteiger partial charge is 0.361 e. The van der Waals surface area contributed by atoms with Gasteiger partial charge in [0.05, 0.1) is 0 Å². The highest BCUT2D eigenvalue weighted by molar-refractivity contribution is 5.79. The Balaban J connectivity index is 1.98. The van der Waals surface area contributed by atoms with Gasteiger partial charge in [-0.1, -0.05) is 19.4 Å². The normalized spacial score (nSPS) is 13.1. The molecule has 2 heteroatoms. The van der Waals surface area contributed by atoms with Crippen molar-refractivity contribution in [3.63, 3.8) is 0 Å². The summed E-state index contributed by atoms with van der Waals surface area (Å²) in [6.45, 7) is 5.44. The molecule has 2 aromatic rings. The van der Waals surface area contributed by atoms with Crippen molar-refractivity contribution in [1.82, 2.24) is 10.3 Å². The van der Waals surface area contributed by atoms with Crippen LogP contribution in [0.15, 0.2) is 30.5 Å². The van der Waals surface area contributed by atoms with Crippen molar-refractivity contribution >= 4 is 10.9 Å². The second-order valence-corrected chi connectivity index (χ2v) is 4.47. The lowest BCUT2D eigenvalue weighted by molar-refractivity contribution is 0.508. The van der Waals surface area contributed by atoms with Crippen molar-refractivity contribution in [2.45, 2.75) is 39.3 Å². The third-order valence-corrected chi connectivity index (χ3v) is 2.99. The predicted molar refractivity (Wildman–Crippen MR) is 69.5 cm³/mol. The molecule has 0 aliphatic heterocycles. The molecule has 86 valence electrons. The first-order valence-electron chi connectivity index (χ1n) is 6.09. The minimum absolute atomic E-state index is 0.604. The highest BCUT2D eigenvalue weighted by Gasteiger charge is 2.01. The van der Waals surface area contributed by atoms with Crippen molar-refractivity contribution < 1.29 is 0 Å². The summed E-state index contributed by atoms with van der Waals surface area (Å²) < 4.78 is 0. The molecule has 1 aromatic carbocycles. The van der Waals surface area contributed by atoms with E-state index in [9.17, 15) is 0 Å². The zero-order valence-corrected chi connectivity index (χ0v) is 10.1. The van der Waals surface area contributed by atoms with Crippen LogP contribution in [0.1, 0.15) is 32.3 Å². The Bertz CT molecular complexity index is 445. The molecular formula is C14H20N2. The van der Waals surface area contributed by atoms with E-state index in [-0.39, 0.29) is 0 Å². The van der Waals surface area contributed by atoms with Crippen molar-refractivity contribution in [3.05, 3.63) is 36.0 Å². The zero-order chi connectivity index (χ0) is 11.4. The number of fused-ring (bicyclic) bond motifs is 1. The minimum Gasteiger partial charge on any atom is -0.361 e. The number of benzene rings is 1. The lowest BCUT2D eigenvalue weighted by Gasteiger charge is -2.12. The molecule has 1 heterocycles. The second kappa shape index (κ2) is 5.17. The highest BCUT2D eigenvalue weighted by atomic mass is 14.9. The number of hydrogen-bond acceptors (Lipinski definition) is 1. The molecule has 2 rings (SSSR count). The average Bonchev–Trinajstić information content (AvgIpc) is 2.74. The molecule has 0 spiro atoms. The van der Waals surface area contributed by atoms with Crippen LogP contribution in [-0.2, 0) is 6.54 Å². The first-order valence-corrected chi connectivity index (χ1v) is 6.09. The van der Waals surface area contributed by atoms with Gasteiger partial charge in [0.15, 0.2) is 0 Å². The molecular weight excluding hydrogens is 196 g/mol. The Labute approximate surface area is 97.1 Å². The van der Waals surface area contributed by atoms with E-state index in [0.717, 1.165) is 6.54 Å². The van der Waals surface area contributed by atoms with Gasteiger partial charge in [-0.2, -0.15) is 0 Å². The maximum atomic E-state index is 3.55. The predicted octanol–water partition coefficient (Wildman–Crippen LogP) is 3.45. The fourth-order valence-corrected chi connectivity index (χ4v) is 2.04. The molecule has 0 amide bonds. The lowest BCUT2D eigenvalue weighted by atomic mass is 10.1. The molecule has 0 aliphatic rings. The molecule has 0 bridgehead atoms. The summed E-state index contributed by atoms with van der Waals surface area (Å²) in [4.78, 5) is 3.21. The van der Waals surface area contributed by atoms with Crippen LogP contribution in [0.3, 0.4) is 0 Å². The van der Waals surface area contributed by atoms with Crippen LogP contribution in [0, 0.1) is 0 Å². The van der Waals surface area contributed by atoms with Crippen molar-refractivity contribution in [1.29, 1.82) is 0 Å². The number of aromatic nitrogens is 1. The Morgan fingerprint density at radius 1 is 1.31 bits per heavy atom. The molecule has 1 atom stereocenters. The SMILES string of the molecule is CCCC(C)NCc1ccc2[nH]ccc2c1. The monoisotopic (exact) mass is 216 g/mol. The van der Waals surface area contributed by atoms with Crippen LogP contribution in [0.2, 0.25) is 0 Å². The van der Waals surface area contributed by atoms with Gasteiger partial charge in [0.25, 0.3) is 0 Å². The Morgan fingerprint density at radius 3 is 3.00 bits per heavy atom. The number of aromatic amines is 1. The summed E-state index contributed by atoms with van der Waals surface area (Å²) in [7, 11) is 0. The molecule has 0 saturated heterocycles. The molecule has 0 radical (unpaired) electrons. The summed E-state index contributed by atoms with van der Waals surface area (Å²) in [5, 5.41) is 4.84. The molecule has 2 nitrogen and oxygen atoms in total. The fraction of sp³-hybridized carbons (Fsp3) is 0.429. The topological polar surface area (TPSA) is 27.8 Å². The number of H-pyrrole nitrogens is 1. The van der Waals surface area contributed by atoms with E-state index in [1.807, 2.05) is 6.20 Å². The van der Waals surface area contributed by atoms with E-state index in [2.05, 4.69) is 48.4 Å². The first-order chi connectivity index (χ1) is 7.79. The van der Waals surface area contributed by atoms with E-state index in [1.165, 1.54) is 29.3 Å². The standard InChI is InChI=1S/C14H20N2/c1-3-4-11(2)16-10-12-5-6-14-13(9-12)7-8-15-14/h5-9,11,15-16H,3-4,10H2,1-2H3. The maximum Gasteiger partial charge on any atom is 0.0454 e. The van der Waals surface area contributed by atoms with E-state index in [0.29, 0.717) is 6.04 Å². The number of rotatable bonds is 5. The van der Waals surface area contributed by atoms with Gasteiger partial charge < -0.3 is 10.3 Å². The Kier molecular flexibility index (Phi) is 3.62. The molecule has 16 heavy (non-hydrogen) atoms. The average molecular weight is 216 g/mol. The van der Waals surface area contributed by atoms with E-state index < -0.39 is 0 Å². The van der Waals surface area contributed by atoms with E-state index in [4.69, 9.17) is 0 Å². The quantitative estimate of drug-likeness (QED) is 0.787. The third kappa shape index (κ3) is 2.64. The Morgan fingerprint density at radius 2 is 2.19 bits per heavy atom. The van der Waals surface area contributed by atoms with Gasteiger partial charge in [-0.05, 0) is 42.5 Å². The summed E-state index contributed by atoms with van der Waals surface area (Å²) >= 11 is 0. The van der Waals surface area contributed by atoms with Crippen LogP contribution in [0.5, 0.6) is 0 Å². The molecule has 1 aromatic heterocycles. The summed E-state index contributed by atoms with van der Waals surface area (Å²) in [6.07, 6.45) is 4.47.